The summed E-state index contributed by atoms with van der Waals surface area (Å²) in [4.78, 5) is 3.60. The molecule has 46 valence electrons. The summed E-state index contributed by atoms with van der Waals surface area (Å²) in [6.07, 6.45) is 2.16. The van der Waals surface area contributed by atoms with E-state index in [1.165, 1.54) is 6.08 Å². The molecule has 0 atom stereocenters. The molecule has 0 aliphatic rings. The van der Waals surface area contributed by atoms with Gasteiger partial charge in [-0.25, -0.2) is 4.39 Å². The van der Waals surface area contributed by atoms with Crippen molar-refractivity contribution in [3.8, 4) is 0 Å². The molecule has 0 heterocycles. The highest BCUT2D eigenvalue weighted by Gasteiger charge is 1.81. The number of rotatable bonds is 2. The van der Waals surface area contributed by atoms with Crippen LogP contribution < -0.4 is 5.73 Å². The first-order valence-corrected chi connectivity index (χ1v) is 2.27. The van der Waals surface area contributed by atoms with Crippen LogP contribution in [0.1, 0.15) is 6.42 Å². The molecule has 0 aliphatic carbocycles. The predicted octanol–water partition coefficient (Wildman–Crippen LogP) is 0.847. The number of hydrogen-bond donors (Lipinski definition) is 1. The van der Waals surface area contributed by atoms with E-state index in [4.69, 9.17) is 5.73 Å². The second-order valence-corrected chi connectivity index (χ2v) is 1.28. The number of nitrogens with zero attached hydrogens (tertiary/aromatic N) is 1. The minimum Gasteiger partial charge on any atom is -0.387 e. The Bertz CT molecular complexity index is 107. The molecule has 0 fully saturated rings. The number of amidine groups is 1. The smallest absolute Gasteiger partial charge is 0.0972 e. The Hall–Kier alpha value is -0.860. The number of hydrogen-bond acceptors (Lipinski definition) is 1. The third kappa shape index (κ3) is 3.33. The van der Waals surface area contributed by atoms with E-state index in [1.807, 2.05) is 0 Å². The zero-order valence-electron chi connectivity index (χ0n) is 4.76. The van der Waals surface area contributed by atoms with E-state index in [0.717, 1.165) is 0 Å². The van der Waals surface area contributed by atoms with Gasteiger partial charge in [0.15, 0.2) is 0 Å². The van der Waals surface area contributed by atoms with Crippen LogP contribution in [0.25, 0.3) is 0 Å². The molecule has 0 rings (SSSR count). The third-order valence-corrected chi connectivity index (χ3v) is 0.703. The average Bonchev–Trinajstić information content (AvgIpc) is 1.83. The van der Waals surface area contributed by atoms with Crippen molar-refractivity contribution in [2.45, 2.75) is 6.42 Å². The van der Waals surface area contributed by atoms with E-state index in [1.54, 1.807) is 7.05 Å². The van der Waals surface area contributed by atoms with Crippen LogP contribution in [0.3, 0.4) is 0 Å². The number of nitrogens with two attached hydrogens (primary N) is 1. The van der Waals surface area contributed by atoms with E-state index < -0.39 is 0 Å². The summed E-state index contributed by atoms with van der Waals surface area (Å²) in [7, 11) is 1.57. The summed E-state index contributed by atoms with van der Waals surface area (Å²) in [5.41, 5.74) is 5.19. The van der Waals surface area contributed by atoms with Crippen molar-refractivity contribution in [2.75, 3.05) is 7.05 Å². The molecular formula is C5H9FN2. The van der Waals surface area contributed by atoms with Crippen LogP contribution >= 0.6 is 0 Å². The van der Waals surface area contributed by atoms with Crippen molar-refractivity contribution < 1.29 is 4.39 Å². The molecule has 0 aromatic carbocycles. The third-order valence-electron chi connectivity index (χ3n) is 0.703. The Morgan fingerprint density at radius 2 is 2.50 bits per heavy atom. The fourth-order valence-electron chi connectivity index (χ4n) is 0.257. The van der Waals surface area contributed by atoms with Gasteiger partial charge in [-0.3, -0.25) is 4.99 Å². The van der Waals surface area contributed by atoms with Crippen LogP contribution in [0.5, 0.6) is 0 Å². The summed E-state index contributed by atoms with van der Waals surface area (Å²) in [6, 6.07) is 0. The summed E-state index contributed by atoms with van der Waals surface area (Å²) >= 11 is 0. The van der Waals surface area contributed by atoms with Crippen molar-refractivity contribution in [2.24, 2.45) is 10.7 Å². The molecule has 8 heavy (non-hydrogen) atoms. The molecule has 0 radical (unpaired) electrons. The summed E-state index contributed by atoms with van der Waals surface area (Å²) in [5.74, 6) is 0.443. The summed E-state index contributed by atoms with van der Waals surface area (Å²) in [5, 5.41) is 0. The van der Waals surface area contributed by atoms with Crippen molar-refractivity contribution >= 4 is 5.84 Å². The maximum absolute atomic E-state index is 11.2. The predicted molar refractivity (Wildman–Crippen MR) is 32.4 cm³/mol. The highest BCUT2D eigenvalue weighted by atomic mass is 19.1. The first-order valence-electron chi connectivity index (χ1n) is 2.27. The standard InChI is InChI=1S/C5H9FN2/c1-8-5(7)3-2-4-6/h2,4H,3H2,1H3,(H2,7,8)/b4-2+. The first-order chi connectivity index (χ1) is 3.81. The molecule has 2 nitrogen and oxygen atoms in total. The second-order valence-electron chi connectivity index (χ2n) is 1.28. The van der Waals surface area contributed by atoms with Gasteiger partial charge in [0.25, 0.3) is 0 Å². The Labute approximate surface area is 47.9 Å². The van der Waals surface area contributed by atoms with Gasteiger partial charge in [0.1, 0.15) is 0 Å². The van der Waals surface area contributed by atoms with E-state index >= 15 is 0 Å². The molecule has 0 bridgehead atoms. The Morgan fingerprint density at radius 3 is 2.88 bits per heavy atom. The molecule has 0 aromatic heterocycles. The van der Waals surface area contributed by atoms with Gasteiger partial charge in [-0.2, -0.15) is 0 Å². The first kappa shape index (κ1) is 7.14. The maximum atomic E-state index is 11.2. The van der Waals surface area contributed by atoms with Crippen LogP contribution in [-0.4, -0.2) is 12.9 Å². The maximum Gasteiger partial charge on any atom is 0.0972 e. The highest BCUT2D eigenvalue weighted by Crippen LogP contribution is 1.81. The minimum absolute atomic E-state index is 0.396. The quantitative estimate of drug-likeness (QED) is 0.421. The molecule has 0 saturated carbocycles. The molecule has 3 heteroatoms. The van der Waals surface area contributed by atoms with Crippen LogP contribution in [-0.2, 0) is 0 Å². The SMILES string of the molecule is CN=C(N)C/C=C/F. The van der Waals surface area contributed by atoms with Crippen LogP contribution in [0.15, 0.2) is 17.4 Å². The molecule has 0 aromatic rings. The van der Waals surface area contributed by atoms with E-state index in [-0.39, 0.29) is 0 Å². The summed E-state index contributed by atoms with van der Waals surface area (Å²) in [6.45, 7) is 0. The number of halogens is 1. The lowest BCUT2D eigenvalue weighted by Gasteiger charge is -1.87. The van der Waals surface area contributed by atoms with Crippen LogP contribution in [0.4, 0.5) is 4.39 Å². The Kier molecular flexibility index (Phi) is 3.84. The summed E-state index contributed by atoms with van der Waals surface area (Å²) < 4.78 is 11.2. The van der Waals surface area contributed by atoms with Gasteiger partial charge in [0, 0.05) is 13.5 Å². The largest absolute Gasteiger partial charge is 0.387 e. The fraction of sp³-hybridized carbons (Fsp3) is 0.400. The zero-order chi connectivity index (χ0) is 6.41. The van der Waals surface area contributed by atoms with Crippen LogP contribution in [0, 0.1) is 0 Å². The van der Waals surface area contributed by atoms with Crippen molar-refractivity contribution in [1.82, 2.24) is 0 Å². The zero-order valence-corrected chi connectivity index (χ0v) is 4.76. The van der Waals surface area contributed by atoms with Gasteiger partial charge in [-0.15, -0.1) is 0 Å². The van der Waals surface area contributed by atoms with Gasteiger partial charge < -0.3 is 5.73 Å². The topological polar surface area (TPSA) is 38.4 Å². The van der Waals surface area contributed by atoms with Crippen molar-refractivity contribution in [3.05, 3.63) is 12.4 Å². The molecule has 0 aliphatic heterocycles. The molecule has 0 unspecified atom stereocenters. The van der Waals surface area contributed by atoms with Crippen molar-refractivity contribution in [3.63, 3.8) is 0 Å². The molecule has 2 N–H and O–H groups in total. The second kappa shape index (κ2) is 4.30. The fourth-order valence-corrected chi connectivity index (χ4v) is 0.257. The lowest BCUT2D eigenvalue weighted by molar-refractivity contribution is 0.717. The minimum atomic E-state index is 0.396. The normalized spacial score (nSPS) is 13.0. The molecule has 0 amide bonds. The molecule has 0 spiro atoms. The monoisotopic (exact) mass is 116 g/mol. The van der Waals surface area contributed by atoms with Crippen molar-refractivity contribution in [1.29, 1.82) is 0 Å². The Morgan fingerprint density at radius 1 is 1.88 bits per heavy atom. The van der Waals surface area contributed by atoms with E-state index in [9.17, 15) is 4.39 Å². The van der Waals surface area contributed by atoms with E-state index in [2.05, 4.69) is 4.99 Å². The lowest BCUT2D eigenvalue weighted by atomic mass is 10.4. The van der Waals surface area contributed by atoms with Gasteiger partial charge >= 0.3 is 0 Å². The van der Waals surface area contributed by atoms with Gasteiger partial charge in [0.05, 0.1) is 12.2 Å². The lowest BCUT2D eigenvalue weighted by Crippen LogP contribution is -2.08. The average molecular weight is 116 g/mol. The highest BCUT2D eigenvalue weighted by molar-refractivity contribution is 5.81. The molecule has 0 saturated heterocycles. The molecular weight excluding hydrogens is 107 g/mol. The van der Waals surface area contributed by atoms with Gasteiger partial charge in [-0.05, 0) is 6.08 Å². The van der Waals surface area contributed by atoms with Gasteiger partial charge in [-0.1, -0.05) is 0 Å². The van der Waals surface area contributed by atoms with E-state index in [0.29, 0.717) is 18.6 Å². The van der Waals surface area contributed by atoms with Gasteiger partial charge in [0.2, 0.25) is 0 Å². The Balaban J connectivity index is 3.40. The van der Waals surface area contributed by atoms with Crippen LogP contribution in [0.2, 0.25) is 0 Å². The number of aliphatic imine (C=N–C) groups is 1.